The van der Waals surface area contributed by atoms with Crippen LogP contribution >= 0.6 is 11.3 Å². The van der Waals surface area contributed by atoms with Gasteiger partial charge in [0.2, 0.25) is 5.88 Å². The van der Waals surface area contributed by atoms with Crippen LogP contribution in [0.25, 0.3) is 0 Å². The minimum atomic E-state index is 0.113. The lowest BCUT2D eigenvalue weighted by atomic mass is 10.3. The molecular formula is C13H17N3OS. The SMILES string of the molecule is CC(C)Oc1cc(NC(C)c2cccs2)ncn1. The molecule has 0 saturated carbocycles. The van der Waals surface area contributed by atoms with Crippen molar-refractivity contribution in [1.29, 1.82) is 0 Å². The second kappa shape index (κ2) is 5.82. The number of rotatable bonds is 5. The number of hydrogen-bond donors (Lipinski definition) is 1. The molecule has 4 nitrogen and oxygen atoms in total. The summed E-state index contributed by atoms with van der Waals surface area (Å²) in [6, 6.07) is 6.21. The van der Waals surface area contributed by atoms with E-state index in [0.717, 1.165) is 5.82 Å². The molecule has 1 atom stereocenters. The highest BCUT2D eigenvalue weighted by Crippen LogP contribution is 2.23. The van der Waals surface area contributed by atoms with Gasteiger partial charge in [-0.05, 0) is 32.2 Å². The smallest absolute Gasteiger partial charge is 0.218 e. The van der Waals surface area contributed by atoms with Crippen molar-refractivity contribution in [3.8, 4) is 5.88 Å². The number of anilines is 1. The van der Waals surface area contributed by atoms with E-state index in [1.165, 1.54) is 11.2 Å². The first kappa shape index (κ1) is 12.8. The van der Waals surface area contributed by atoms with Crippen molar-refractivity contribution >= 4 is 17.2 Å². The molecule has 2 aromatic rings. The summed E-state index contributed by atoms with van der Waals surface area (Å²) in [7, 11) is 0. The van der Waals surface area contributed by atoms with Crippen LogP contribution in [0.4, 0.5) is 5.82 Å². The lowest BCUT2D eigenvalue weighted by Gasteiger charge is -2.14. The quantitative estimate of drug-likeness (QED) is 0.897. The Labute approximate surface area is 111 Å². The zero-order chi connectivity index (χ0) is 13.0. The van der Waals surface area contributed by atoms with E-state index < -0.39 is 0 Å². The predicted octanol–water partition coefficient (Wildman–Crippen LogP) is 3.50. The third-order valence-electron chi connectivity index (χ3n) is 2.33. The molecule has 2 heterocycles. The number of aromatic nitrogens is 2. The standard InChI is InChI=1S/C13H17N3OS/c1-9(2)17-13-7-12(14-8-15-13)16-10(3)11-5-4-6-18-11/h4-10H,1-3H3,(H,14,15,16). The third-order valence-corrected chi connectivity index (χ3v) is 3.39. The van der Waals surface area contributed by atoms with E-state index in [1.54, 1.807) is 11.3 Å². The van der Waals surface area contributed by atoms with E-state index in [4.69, 9.17) is 4.74 Å². The van der Waals surface area contributed by atoms with Crippen molar-refractivity contribution in [2.75, 3.05) is 5.32 Å². The number of thiophene rings is 1. The topological polar surface area (TPSA) is 47.0 Å². The predicted molar refractivity (Wildman–Crippen MR) is 74.2 cm³/mol. The molecule has 0 aliphatic carbocycles. The largest absolute Gasteiger partial charge is 0.475 e. The first-order chi connectivity index (χ1) is 8.65. The van der Waals surface area contributed by atoms with Crippen molar-refractivity contribution < 1.29 is 4.74 Å². The van der Waals surface area contributed by atoms with E-state index in [-0.39, 0.29) is 12.1 Å². The lowest BCUT2D eigenvalue weighted by Crippen LogP contribution is -2.09. The molecule has 0 spiro atoms. The Morgan fingerprint density at radius 3 is 2.78 bits per heavy atom. The molecule has 0 saturated heterocycles. The summed E-state index contributed by atoms with van der Waals surface area (Å²) in [6.07, 6.45) is 1.63. The first-order valence-electron chi connectivity index (χ1n) is 5.94. The van der Waals surface area contributed by atoms with Crippen LogP contribution in [0.5, 0.6) is 5.88 Å². The third kappa shape index (κ3) is 3.43. The van der Waals surface area contributed by atoms with E-state index >= 15 is 0 Å². The van der Waals surface area contributed by atoms with Gasteiger partial charge in [-0.3, -0.25) is 0 Å². The molecule has 0 radical (unpaired) electrons. The Bertz CT molecular complexity index is 485. The van der Waals surface area contributed by atoms with E-state index in [2.05, 4.69) is 33.7 Å². The maximum absolute atomic E-state index is 5.54. The summed E-state index contributed by atoms with van der Waals surface area (Å²) < 4.78 is 5.54. The second-order valence-electron chi connectivity index (χ2n) is 4.29. The fraction of sp³-hybridized carbons (Fsp3) is 0.385. The van der Waals surface area contributed by atoms with Crippen LogP contribution in [-0.4, -0.2) is 16.1 Å². The highest BCUT2D eigenvalue weighted by molar-refractivity contribution is 7.10. The van der Waals surface area contributed by atoms with Crippen LogP contribution in [0.2, 0.25) is 0 Å². The highest BCUT2D eigenvalue weighted by atomic mass is 32.1. The van der Waals surface area contributed by atoms with E-state index in [1.807, 2.05) is 26.0 Å². The number of nitrogens with one attached hydrogen (secondary N) is 1. The Kier molecular flexibility index (Phi) is 4.15. The van der Waals surface area contributed by atoms with Gasteiger partial charge < -0.3 is 10.1 Å². The number of hydrogen-bond acceptors (Lipinski definition) is 5. The summed E-state index contributed by atoms with van der Waals surface area (Å²) in [5.74, 6) is 1.38. The Morgan fingerprint density at radius 2 is 2.11 bits per heavy atom. The average molecular weight is 263 g/mol. The fourth-order valence-corrected chi connectivity index (χ4v) is 2.29. The van der Waals surface area contributed by atoms with Gasteiger partial charge in [-0.25, -0.2) is 9.97 Å². The van der Waals surface area contributed by atoms with Crippen molar-refractivity contribution in [1.82, 2.24) is 9.97 Å². The summed E-state index contributed by atoms with van der Waals surface area (Å²) in [5, 5.41) is 5.41. The zero-order valence-corrected chi connectivity index (χ0v) is 11.6. The normalized spacial score (nSPS) is 12.4. The molecule has 0 amide bonds. The van der Waals surface area contributed by atoms with Crippen molar-refractivity contribution in [2.24, 2.45) is 0 Å². The molecule has 18 heavy (non-hydrogen) atoms. The van der Waals surface area contributed by atoms with Crippen LogP contribution in [0.1, 0.15) is 31.7 Å². The highest BCUT2D eigenvalue weighted by Gasteiger charge is 2.08. The van der Waals surface area contributed by atoms with E-state index in [9.17, 15) is 0 Å². The van der Waals surface area contributed by atoms with Crippen LogP contribution in [-0.2, 0) is 0 Å². The minimum Gasteiger partial charge on any atom is -0.475 e. The molecule has 1 N–H and O–H groups in total. The molecule has 1 unspecified atom stereocenters. The first-order valence-corrected chi connectivity index (χ1v) is 6.82. The molecule has 0 aliphatic rings. The van der Waals surface area contributed by atoms with Gasteiger partial charge in [0.25, 0.3) is 0 Å². The molecule has 0 bridgehead atoms. The van der Waals surface area contributed by atoms with Gasteiger partial charge in [0.05, 0.1) is 12.1 Å². The molecular weight excluding hydrogens is 246 g/mol. The van der Waals surface area contributed by atoms with Gasteiger partial charge in [0, 0.05) is 10.9 Å². The fourth-order valence-electron chi connectivity index (χ4n) is 1.55. The number of ether oxygens (including phenoxy) is 1. The van der Waals surface area contributed by atoms with Gasteiger partial charge in [0.15, 0.2) is 0 Å². The Hall–Kier alpha value is -1.62. The van der Waals surface area contributed by atoms with Gasteiger partial charge in [-0.1, -0.05) is 6.07 Å². The monoisotopic (exact) mass is 263 g/mol. The Morgan fingerprint density at radius 1 is 1.28 bits per heavy atom. The van der Waals surface area contributed by atoms with Crippen LogP contribution in [0, 0.1) is 0 Å². The maximum atomic E-state index is 5.54. The van der Waals surface area contributed by atoms with E-state index in [0.29, 0.717) is 5.88 Å². The lowest BCUT2D eigenvalue weighted by molar-refractivity contribution is 0.232. The summed E-state index contributed by atoms with van der Waals surface area (Å²) >= 11 is 1.73. The van der Waals surface area contributed by atoms with Crippen molar-refractivity contribution in [3.63, 3.8) is 0 Å². The van der Waals surface area contributed by atoms with Gasteiger partial charge in [0.1, 0.15) is 12.1 Å². The average Bonchev–Trinajstić information content (AvgIpc) is 2.81. The van der Waals surface area contributed by atoms with Crippen LogP contribution < -0.4 is 10.1 Å². The van der Waals surface area contributed by atoms with Gasteiger partial charge in [-0.15, -0.1) is 11.3 Å². The van der Waals surface area contributed by atoms with Gasteiger partial charge >= 0.3 is 0 Å². The summed E-state index contributed by atoms with van der Waals surface area (Å²) in [4.78, 5) is 9.56. The molecule has 96 valence electrons. The molecule has 0 aromatic carbocycles. The molecule has 2 aromatic heterocycles. The zero-order valence-electron chi connectivity index (χ0n) is 10.8. The van der Waals surface area contributed by atoms with Gasteiger partial charge in [-0.2, -0.15) is 0 Å². The Balaban J connectivity index is 2.05. The van der Waals surface area contributed by atoms with Crippen molar-refractivity contribution in [2.45, 2.75) is 32.9 Å². The number of nitrogens with zero attached hydrogens (tertiary/aromatic N) is 2. The minimum absolute atomic E-state index is 0.113. The maximum Gasteiger partial charge on any atom is 0.218 e. The summed E-state index contributed by atoms with van der Waals surface area (Å²) in [5.41, 5.74) is 0. The molecule has 5 heteroatoms. The molecule has 0 fully saturated rings. The molecule has 2 rings (SSSR count). The second-order valence-corrected chi connectivity index (χ2v) is 5.27. The van der Waals surface area contributed by atoms with Crippen LogP contribution in [0.15, 0.2) is 29.9 Å². The molecule has 0 aliphatic heterocycles. The summed E-state index contributed by atoms with van der Waals surface area (Å²) in [6.45, 7) is 6.06. The van der Waals surface area contributed by atoms with Crippen LogP contribution in [0.3, 0.4) is 0 Å². The van der Waals surface area contributed by atoms with Crippen molar-refractivity contribution in [3.05, 3.63) is 34.8 Å².